The molecule has 1 unspecified atom stereocenters. The maximum atomic E-state index is 6.82. The predicted octanol–water partition coefficient (Wildman–Crippen LogP) is 3.65. The van der Waals surface area contributed by atoms with E-state index in [0.717, 1.165) is 13.1 Å². The Labute approximate surface area is 112 Å². The van der Waals surface area contributed by atoms with E-state index in [1.807, 2.05) is 0 Å². The highest BCUT2D eigenvalue weighted by molar-refractivity contribution is 5.02. The summed E-state index contributed by atoms with van der Waals surface area (Å²) in [6.07, 6.45) is 11.9. The average molecular weight is 251 g/mol. The van der Waals surface area contributed by atoms with Crippen LogP contribution in [0.1, 0.15) is 71.6 Å². The molecule has 1 heterocycles. The van der Waals surface area contributed by atoms with Gasteiger partial charge in [-0.05, 0) is 43.9 Å². The fraction of sp³-hybridized carbons (Fsp3) is 1.00. The highest BCUT2D eigenvalue weighted by atomic mass is 16.5. The molecule has 2 nitrogen and oxygen atoms in total. The van der Waals surface area contributed by atoms with Gasteiger partial charge in [0.25, 0.3) is 0 Å². The van der Waals surface area contributed by atoms with E-state index in [4.69, 9.17) is 4.74 Å². The van der Waals surface area contributed by atoms with Crippen LogP contribution in [0.25, 0.3) is 0 Å². The molecule has 1 saturated heterocycles. The van der Waals surface area contributed by atoms with Gasteiger partial charge in [0, 0.05) is 13.1 Å². The van der Waals surface area contributed by atoms with Crippen molar-refractivity contribution in [2.45, 2.75) is 82.8 Å². The molecule has 3 aliphatic rings. The van der Waals surface area contributed by atoms with Crippen molar-refractivity contribution in [2.24, 2.45) is 5.41 Å². The Balaban J connectivity index is 1.76. The van der Waals surface area contributed by atoms with Gasteiger partial charge in [-0.25, -0.2) is 0 Å². The number of hydrogen-bond acceptors (Lipinski definition) is 2. The van der Waals surface area contributed by atoms with Gasteiger partial charge in [-0.3, -0.25) is 0 Å². The van der Waals surface area contributed by atoms with Crippen molar-refractivity contribution in [1.82, 2.24) is 5.32 Å². The second-order valence-electron chi connectivity index (χ2n) is 7.83. The predicted molar refractivity (Wildman–Crippen MR) is 74.8 cm³/mol. The Bertz CT molecular complexity index is 297. The first-order valence-corrected chi connectivity index (χ1v) is 7.94. The zero-order valence-electron chi connectivity index (χ0n) is 12.2. The molecule has 1 N–H and O–H groups in total. The number of morpholine rings is 1. The second-order valence-corrected chi connectivity index (χ2v) is 7.83. The summed E-state index contributed by atoms with van der Waals surface area (Å²) in [5.41, 5.74) is 0.800. The molecule has 2 heteroatoms. The summed E-state index contributed by atoms with van der Waals surface area (Å²) < 4.78 is 6.82. The molecule has 0 bridgehead atoms. The van der Waals surface area contributed by atoms with Crippen LogP contribution in [0.5, 0.6) is 0 Å². The van der Waals surface area contributed by atoms with E-state index >= 15 is 0 Å². The molecule has 1 atom stereocenters. The molecule has 3 fully saturated rings. The van der Waals surface area contributed by atoms with Gasteiger partial charge in [0.15, 0.2) is 0 Å². The van der Waals surface area contributed by atoms with Crippen LogP contribution in [0.2, 0.25) is 0 Å². The van der Waals surface area contributed by atoms with Gasteiger partial charge < -0.3 is 10.1 Å². The first kappa shape index (κ1) is 12.9. The molecule has 0 aromatic carbocycles. The summed E-state index contributed by atoms with van der Waals surface area (Å²) in [6, 6.07) is 0. The molecule has 18 heavy (non-hydrogen) atoms. The van der Waals surface area contributed by atoms with Crippen LogP contribution < -0.4 is 5.32 Å². The van der Waals surface area contributed by atoms with Crippen LogP contribution in [0, 0.1) is 5.41 Å². The minimum absolute atomic E-state index is 0.150. The third-order valence-electron chi connectivity index (χ3n) is 5.38. The van der Waals surface area contributed by atoms with Crippen LogP contribution in [-0.2, 0) is 4.74 Å². The van der Waals surface area contributed by atoms with Crippen molar-refractivity contribution in [3.8, 4) is 0 Å². The van der Waals surface area contributed by atoms with Crippen LogP contribution in [0.15, 0.2) is 0 Å². The molecule has 0 radical (unpaired) electrons. The van der Waals surface area contributed by atoms with Gasteiger partial charge in [0.1, 0.15) is 0 Å². The van der Waals surface area contributed by atoms with E-state index in [1.54, 1.807) is 0 Å². The summed E-state index contributed by atoms with van der Waals surface area (Å²) in [5, 5.41) is 3.72. The first-order valence-electron chi connectivity index (χ1n) is 7.94. The largest absolute Gasteiger partial charge is 0.366 e. The standard InChI is InChI=1S/C16H29NO/c1-14(2)7-6-10-16(11-14)13-17-12-15(18-16)8-4-3-5-9-15/h17H,3-13H2,1-2H3. The lowest BCUT2D eigenvalue weighted by molar-refractivity contribution is -0.214. The minimum atomic E-state index is 0.150. The van der Waals surface area contributed by atoms with Crippen molar-refractivity contribution in [2.75, 3.05) is 13.1 Å². The number of rotatable bonds is 0. The number of hydrogen-bond donors (Lipinski definition) is 1. The Morgan fingerprint density at radius 3 is 2.17 bits per heavy atom. The Hall–Kier alpha value is -0.0800. The van der Waals surface area contributed by atoms with Crippen molar-refractivity contribution in [1.29, 1.82) is 0 Å². The van der Waals surface area contributed by atoms with Crippen molar-refractivity contribution < 1.29 is 4.74 Å². The first-order chi connectivity index (χ1) is 8.54. The monoisotopic (exact) mass is 251 g/mol. The van der Waals surface area contributed by atoms with E-state index in [-0.39, 0.29) is 11.2 Å². The maximum Gasteiger partial charge on any atom is 0.0819 e. The maximum absolute atomic E-state index is 6.82. The average Bonchev–Trinajstić information content (AvgIpc) is 2.28. The molecule has 104 valence electrons. The summed E-state index contributed by atoms with van der Waals surface area (Å²) in [5.74, 6) is 0. The Kier molecular flexibility index (Phi) is 3.22. The second kappa shape index (κ2) is 4.49. The fourth-order valence-electron chi connectivity index (χ4n) is 4.70. The van der Waals surface area contributed by atoms with Gasteiger partial charge >= 0.3 is 0 Å². The number of ether oxygens (including phenoxy) is 1. The molecule has 2 aliphatic carbocycles. The van der Waals surface area contributed by atoms with Gasteiger partial charge in [-0.1, -0.05) is 33.1 Å². The van der Waals surface area contributed by atoms with Gasteiger partial charge in [0.2, 0.25) is 0 Å². The molecule has 0 aromatic heterocycles. The Morgan fingerprint density at radius 2 is 1.44 bits per heavy atom. The summed E-state index contributed by atoms with van der Waals surface area (Å²) in [6.45, 7) is 7.01. The highest BCUT2D eigenvalue weighted by Gasteiger charge is 2.49. The lowest BCUT2D eigenvalue weighted by Crippen LogP contribution is -2.62. The molecule has 0 aromatic rings. The van der Waals surface area contributed by atoms with Crippen LogP contribution in [-0.4, -0.2) is 24.3 Å². The van der Waals surface area contributed by atoms with E-state index in [0.29, 0.717) is 5.41 Å². The van der Waals surface area contributed by atoms with E-state index in [2.05, 4.69) is 19.2 Å². The SMILES string of the molecule is CC1(C)CCCC2(CNCC3(CCCCC3)O2)C1. The van der Waals surface area contributed by atoms with Crippen molar-refractivity contribution in [3.05, 3.63) is 0 Å². The quantitative estimate of drug-likeness (QED) is 0.709. The summed E-state index contributed by atoms with van der Waals surface area (Å²) in [7, 11) is 0. The van der Waals surface area contributed by atoms with E-state index in [9.17, 15) is 0 Å². The summed E-state index contributed by atoms with van der Waals surface area (Å²) >= 11 is 0. The van der Waals surface area contributed by atoms with E-state index in [1.165, 1.54) is 57.8 Å². The molecular weight excluding hydrogens is 222 g/mol. The third kappa shape index (κ3) is 2.46. The molecule has 3 rings (SSSR count). The van der Waals surface area contributed by atoms with Crippen LogP contribution in [0.4, 0.5) is 0 Å². The lowest BCUT2D eigenvalue weighted by Gasteiger charge is -2.54. The van der Waals surface area contributed by atoms with Crippen LogP contribution in [0.3, 0.4) is 0 Å². The van der Waals surface area contributed by atoms with Gasteiger partial charge in [0.05, 0.1) is 11.2 Å². The summed E-state index contributed by atoms with van der Waals surface area (Å²) in [4.78, 5) is 0. The fourth-order valence-corrected chi connectivity index (χ4v) is 4.70. The minimum Gasteiger partial charge on any atom is -0.366 e. The van der Waals surface area contributed by atoms with Crippen molar-refractivity contribution in [3.63, 3.8) is 0 Å². The Morgan fingerprint density at radius 1 is 0.778 bits per heavy atom. The van der Waals surface area contributed by atoms with Gasteiger partial charge in [-0.15, -0.1) is 0 Å². The van der Waals surface area contributed by atoms with Crippen molar-refractivity contribution >= 4 is 0 Å². The smallest absolute Gasteiger partial charge is 0.0819 e. The van der Waals surface area contributed by atoms with Gasteiger partial charge in [-0.2, -0.15) is 0 Å². The van der Waals surface area contributed by atoms with Crippen LogP contribution >= 0.6 is 0 Å². The van der Waals surface area contributed by atoms with E-state index < -0.39 is 0 Å². The third-order valence-corrected chi connectivity index (χ3v) is 5.38. The highest BCUT2D eigenvalue weighted by Crippen LogP contribution is 2.47. The lowest BCUT2D eigenvalue weighted by atomic mass is 9.68. The molecule has 1 aliphatic heterocycles. The molecule has 2 saturated carbocycles. The topological polar surface area (TPSA) is 21.3 Å². The normalized spacial score (nSPS) is 39.0. The zero-order valence-corrected chi connectivity index (χ0v) is 12.2. The molecule has 2 spiro atoms. The zero-order chi connectivity index (χ0) is 12.7. The number of nitrogens with one attached hydrogen (secondary N) is 1. The molecular formula is C16H29NO. The molecule has 0 amide bonds.